The zero-order chi connectivity index (χ0) is 14.0. The lowest BCUT2D eigenvalue weighted by Crippen LogP contribution is -2.16. The van der Waals surface area contributed by atoms with E-state index in [1.807, 2.05) is 0 Å². The van der Waals surface area contributed by atoms with Crippen molar-refractivity contribution in [1.82, 2.24) is 20.2 Å². The second-order valence-electron chi connectivity index (χ2n) is 3.77. The van der Waals surface area contributed by atoms with E-state index in [0.29, 0.717) is 32.0 Å². The number of hydrogen-bond donors (Lipinski definition) is 1. The number of carbonyl (C=O) groups is 1. The van der Waals surface area contributed by atoms with Gasteiger partial charge < -0.3 is 5.32 Å². The molecule has 0 aliphatic rings. The van der Waals surface area contributed by atoms with E-state index in [2.05, 4.69) is 57.3 Å². The van der Waals surface area contributed by atoms with Crippen LogP contribution < -0.4 is 5.32 Å². The molecule has 2 heterocycles. The minimum absolute atomic E-state index is 0.298. The van der Waals surface area contributed by atoms with Crippen molar-refractivity contribution >= 4 is 43.6 Å². The van der Waals surface area contributed by atoms with Gasteiger partial charge in [-0.05, 0) is 51.8 Å². The Bertz CT molecular complexity index is 647. The van der Waals surface area contributed by atoms with E-state index in [-0.39, 0.29) is 5.91 Å². The number of halogens is 2. The van der Waals surface area contributed by atoms with Gasteiger partial charge in [-0.3, -0.25) is 4.79 Å². The summed E-state index contributed by atoms with van der Waals surface area (Å²) in [6.07, 6.45) is 1.50. The first kappa shape index (κ1) is 14.0. The Kier molecular flexibility index (Phi) is 4.20. The van der Waals surface area contributed by atoms with Gasteiger partial charge in [-0.1, -0.05) is 0 Å². The topological polar surface area (TPSA) is 80.7 Å². The number of carbonyl (C=O) groups excluding carboxylic acids is 1. The first-order valence-electron chi connectivity index (χ1n) is 5.27. The molecule has 1 amide bonds. The van der Waals surface area contributed by atoms with Crippen LogP contribution in [-0.2, 0) is 0 Å². The zero-order valence-electron chi connectivity index (χ0n) is 10.1. The quantitative estimate of drug-likeness (QED) is 0.857. The Labute approximate surface area is 126 Å². The van der Waals surface area contributed by atoms with Gasteiger partial charge in [-0.15, -0.1) is 0 Å². The molecule has 0 aliphatic heterocycles. The molecule has 0 atom stereocenters. The van der Waals surface area contributed by atoms with Crippen LogP contribution in [-0.4, -0.2) is 26.1 Å². The largest absolute Gasteiger partial charge is 0.304 e. The van der Waals surface area contributed by atoms with E-state index in [4.69, 9.17) is 0 Å². The molecule has 0 radical (unpaired) electrons. The lowest BCUT2D eigenvalue weighted by Gasteiger charge is -2.07. The van der Waals surface area contributed by atoms with Crippen LogP contribution in [0, 0.1) is 13.8 Å². The summed E-state index contributed by atoms with van der Waals surface area (Å²) in [6.45, 7) is 3.50. The molecule has 0 unspecified atom stereocenters. The van der Waals surface area contributed by atoms with E-state index in [1.165, 1.54) is 6.20 Å². The molecule has 98 valence electrons. The number of nitrogens with zero attached hydrogens (tertiary/aromatic N) is 4. The number of amides is 1. The lowest BCUT2D eigenvalue weighted by molar-refractivity contribution is 0.102. The van der Waals surface area contributed by atoms with Gasteiger partial charge in [0.15, 0.2) is 5.82 Å². The highest BCUT2D eigenvalue weighted by molar-refractivity contribution is 9.11. The van der Waals surface area contributed by atoms with Gasteiger partial charge in [-0.2, -0.15) is 10.2 Å². The molecule has 0 saturated carbocycles. The summed E-state index contributed by atoms with van der Waals surface area (Å²) in [6, 6.07) is 1.68. The van der Waals surface area contributed by atoms with Crippen molar-refractivity contribution in [3.05, 3.63) is 38.4 Å². The molecule has 2 aromatic heterocycles. The Morgan fingerprint density at radius 2 is 2.00 bits per heavy atom. The fourth-order valence-corrected chi connectivity index (χ4v) is 2.30. The molecule has 1 N–H and O–H groups in total. The molecule has 0 saturated heterocycles. The molecule has 0 aliphatic carbocycles. The number of nitrogens with one attached hydrogen (secondary N) is 1. The van der Waals surface area contributed by atoms with Crippen LogP contribution in [0.1, 0.15) is 21.7 Å². The normalized spacial score (nSPS) is 10.3. The van der Waals surface area contributed by atoms with Crippen molar-refractivity contribution in [2.45, 2.75) is 13.8 Å². The van der Waals surface area contributed by atoms with Crippen LogP contribution in [0.2, 0.25) is 0 Å². The van der Waals surface area contributed by atoms with Crippen LogP contribution in [0.5, 0.6) is 0 Å². The number of rotatable bonds is 2. The van der Waals surface area contributed by atoms with Crippen LogP contribution in [0.4, 0.5) is 5.82 Å². The zero-order valence-corrected chi connectivity index (χ0v) is 13.3. The summed E-state index contributed by atoms with van der Waals surface area (Å²) in [5.41, 5.74) is 1.70. The second kappa shape index (κ2) is 5.70. The van der Waals surface area contributed by atoms with Gasteiger partial charge in [0.2, 0.25) is 0 Å². The van der Waals surface area contributed by atoms with Crippen molar-refractivity contribution in [2.75, 3.05) is 5.32 Å². The van der Waals surface area contributed by atoms with Crippen molar-refractivity contribution < 1.29 is 4.79 Å². The standard InChI is InChI=1S/C11H9Br2N5O/c1-5-3-7(6(2)18-17-5)11(19)16-10-9(13)15-8(12)4-14-10/h3-4H,1-2H3,(H,14,16,19). The fraction of sp³-hybridized carbons (Fsp3) is 0.182. The molecular formula is C11H9Br2N5O. The van der Waals surface area contributed by atoms with Gasteiger partial charge in [0.05, 0.1) is 23.1 Å². The summed E-state index contributed by atoms with van der Waals surface area (Å²) in [7, 11) is 0. The van der Waals surface area contributed by atoms with E-state index in [1.54, 1.807) is 19.9 Å². The SMILES string of the molecule is Cc1cc(C(=O)Nc2ncc(Br)nc2Br)c(C)nn1. The lowest BCUT2D eigenvalue weighted by atomic mass is 10.2. The van der Waals surface area contributed by atoms with Gasteiger partial charge >= 0.3 is 0 Å². The molecule has 0 aromatic carbocycles. The third-order valence-corrected chi connectivity index (χ3v) is 3.21. The average Bonchev–Trinajstić information content (AvgIpc) is 2.35. The van der Waals surface area contributed by atoms with Crippen LogP contribution >= 0.6 is 31.9 Å². The first-order chi connectivity index (χ1) is 8.97. The van der Waals surface area contributed by atoms with E-state index >= 15 is 0 Å². The molecule has 2 rings (SSSR count). The summed E-state index contributed by atoms with van der Waals surface area (Å²) < 4.78 is 1.03. The van der Waals surface area contributed by atoms with Gasteiger partial charge in [0.1, 0.15) is 9.21 Å². The molecule has 0 bridgehead atoms. The van der Waals surface area contributed by atoms with Gasteiger partial charge in [-0.25, -0.2) is 9.97 Å². The molecule has 6 nitrogen and oxygen atoms in total. The Morgan fingerprint density at radius 1 is 1.26 bits per heavy atom. The smallest absolute Gasteiger partial charge is 0.258 e. The Balaban J connectivity index is 2.28. The highest BCUT2D eigenvalue weighted by atomic mass is 79.9. The summed E-state index contributed by atoms with van der Waals surface area (Å²) in [5.74, 6) is 0.0508. The molecule has 0 spiro atoms. The van der Waals surface area contributed by atoms with Gasteiger partial charge in [0, 0.05) is 0 Å². The predicted molar refractivity (Wildman–Crippen MR) is 76.9 cm³/mol. The summed E-state index contributed by atoms with van der Waals surface area (Å²) >= 11 is 6.43. The minimum Gasteiger partial charge on any atom is -0.304 e. The maximum Gasteiger partial charge on any atom is 0.258 e. The summed E-state index contributed by atoms with van der Waals surface area (Å²) in [5, 5.41) is 10.5. The molecular weight excluding hydrogens is 378 g/mol. The van der Waals surface area contributed by atoms with E-state index in [0.717, 1.165) is 0 Å². The highest BCUT2D eigenvalue weighted by Gasteiger charge is 2.14. The Hall–Kier alpha value is -1.41. The van der Waals surface area contributed by atoms with E-state index in [9.17, 15) is 4.79 Å². The maximum absolute atomic E-state index is 12.1. The number of aryl methyl sites for hydroxylation is 2. The molecule has 2 aromatic rings. The number of hydrogen-bond acceptors (Lipinski definition) is 5. The summed E-state index contributed by atoms with van der Waals surface area (Å²) in [4.78, 5) is 20.3. The first-order valence-corrected chi connectivity index (χ1v) is 6.86. The second-order valence-corrected chi connectivity index (χ2v) is 5.33. The monoisotopic (exact) mass is 385 g/mol. The Morgan fingerprint density at radius 3 is 2.68 bits per heavy atom. The van der Waals surface area contributed by atoms with Crippen molar-refractivity contribution in [3.63, 3.8) is 0 Å². The average molecular weight is 387 g/mol. The molecule has 0 fully saturated rings. The van der Waals surface area contributed by atoms with E-state index < -0.39 is 0 Å². The molecule has 19 heavy (non-hydrogen) atoms. The highest BCUT2D eigenvalue weighted by Crippen LogP contribution is 2.20. The van der Waals surface area contributed by atoms with Crippen LogP contribution in [0.3, 0.4) is 0 Å². The number of anilines is 1. The maximum atomic E-state index is 12.1. The van der Waals surface area contributed by atoms with Gasteiger partial charge in [0.25, 0.3) is 5.91 Å². The van der Waals surface area contributed by atoms with Crippen molar-refractivity contribution in [2.24, 2.45) is 0 Å². The third kappa shape index (κ3) is 3.32. The van der Waals surface area contributed by atoms with Crippen LogP contribution in [0.15, 0.2) is 21.5 Å². The van der Waals surface area contributed by atoms with Crippen LogP contribution in [0.25, 0.3) is 0 Å². The van der Waals surface area contributed by atoms with Crippen molar-refractivity contribution in [3.8, 4) is 0 Å². The predicted octanol–water partition coefficient (Wildman–Crippen LogP) is 2.66. The number of aromatic nitrogens is 4. The third-order valence-electron chi connectivity index (χ3n) is 2.28. The molecule has 8 heteroatoms. The fourth-order valence-electron chi connectivity index (χ4n) is 1.39. The minimum atomic E-state index is -0.298. The van der Waals surface area contributed by atoms with Crippen molar-refractivity contribution in [1.29, 1.82) is 0 Å².